The van der Waals surface area contributed by atoms with Crippen molar-refractivity contribution in [1.29, 1.82) is 0 Å². The third-order valence-electron chi connectivity index (χ3n) is 4.61. The van der Waals surface area contributed by atoms with Gasteiger partial charge in [-0.05, 0) is 12.1 Å². The number of aromatic nitrogens is 5. The highest BCUT2D eigenvalue weighted by atomic mass is 16.5. The topological polar surface area (TPSA) is 92.2 Å². The Morgan fingerprint density at radius 2 is 1.75 bits per heavy atom. The molecule has 1 aliphatic heterocycles. The molecule has 2 aromatic heterocycles. The zero-order chi connectivity index (χ0) is 19.2. The first kappa shape index (κ1) is 17.9. The molecule has 3 heterocycles. The predicted octanol–water partition coefficient (Wildman–Crippen LogP) is 1.61. The number of benzene rings is 1. The summed E-state index contributed by atoms with van der Waals surface area (Å²) in [6.45, 7) is 3.87. The van der Waals surface area contributed by atoms with E-state index in [0.717, 1.165) is 49.3 Å². The van der Waals surface area contributed by atoms with Crippen molar-refractivity contribution in [2.45, 2.75) is 6.54 Å². The Morgan fingerprint density at radius 3 is 2.54 bits per heavy atom. The van der Waals surface area contributed by atoms with Gasteiger partial charge in [0.25, 0.3) is 0 Å². The van der Waals surface area contributed by atoms with Gasteiger partial charge in [0, 0.05) is 50.7 Å². The van der Waals surface area contributed by atoms with Crippen molar-refractivity contribution in [3.8, 4) is 5.75 Å². The van der Waals surface area contributed by atoms with Gasteiger partial charge < -0.3 is 19.9 Å². The van der Waals surface area contributed by atoms with Crippen molar-refractivity contribution in [1.82, 2.24) is 25.1 Å². The second kappa shape index (κ2) is 8.47. The van der Waals surface area contributed by atoms with Crippen molar-refractivity contribution in [2.24, 2.45) is 0 Å². The van der Waals surface area contributed by atoms with E-state index in [1.807, 2.05) is 30.3 Å². The molecule has 1 saturated heterocycles. The third-order valence-corrected chi connectivity index (χ3v) is 4.61. The van der Waals surface area contributed by atoms with Crippen molar-refractivity contribution < 1.29 is 4.74 Å². The van der Waals surface area contributed by atoms with Gasteiger partial charge in [-0.2, -0.15) is 10.1 Å². The van der Waals surface area contributed by atoms with E-state index in [1.165, 1.54) is 0 Å². The number of nitrogens with zero attached hydrogens (tertiary/aromatic N) is 7. The van der Waals surface area contributed by atoms with Gasteiger partial charge in [0.05, 0.1) is 13.3 Å². The lowest BCUT2D eigenvalue weighted by Gasteiger charge is -2.35. The molecule has 0 unspecified atom stereocenters. The summed E-state index contributed by atoms with van der Waals surface area (Å²) in [5.74, 6) is 2.91. The van der Waals surface area contributed by atoms with E-state index in [-0.39, 0.29) is 0 Å². The first-order chi connectivity index (χ1) is 13.8. The summed E-state index contributed by atoms with van der Waals surface area (Å²) in [5, 5.41) is 11.4. The van der Waals surface area contributed by atoms with Crippen LogP contribution in [0.3, 0.4) is 0 Å². The molecule has 9 heteroatoms. The van der Waals surface area contributed by atoms with Crippen LogP contribution in [0.1, 0.15) is 5.56 Å². The van der Waals surface area contributed by atoms with Crippen LogP contribution in [0.2, 0.25) is 0 Å². The standard InChI is InChI=1S/C19H22N8O/c1-28-16-6-3-2-5-15(16)13-22-18-24-17(14-23-25-18)26-9-11-27(12-10-26)19-20-7-4-8-21-19/h2-8,14H,9-13H2,1H3,(H,22,24,25). The Morgan fingerprint density at radius 1 is 1.00 bits per heavy atom. The van der Waals surface area contributed by atoms with Crippen LogP contribution in [0.15, 0.2) is 48.9 Å². The van der Waals surface area contributed by atoms with Gasteiger partial charge in [0.2, 0.25) is 11.9 Å². The first-order valence-corrected chi connectivity index (χ1v) is 9.16. The number of ether oxygens (including phenoxy) is 1. The van der Waals surface area contributed by atoms with Crippen molar-refractivity contribution >= 4 is 17.7 Å². The van der Waals surface area contributed by atoms with Crippen LogP contribution in [0.25, 0.3) is 0 Å². The highest BCUT2D eigenvalue weighted by Gasteiger charge is 2.20. The molecule has 28 heavy (non-hydrogen) atoms. The van der Waals surface area contributed by atoms with E-state index >= 15 is 0 Å². The van der Waals surface area contributed by atoms with Crippen molar-refractivity contribution in [3.63, 3.8) is 0 Å². The van der Waals surface area contributed by atoms with E-state index in [1.54, 1.807) is 25.7 Å². The molecule has 1 aromatic carbocycles. The first-order valence-electron chi connectivity index (χ1n) is 9.16. The summed E-state index contributed by atoms with van der Waals surface area (Å²) in [7, 11) is 1.66. The normalized spacial score (nSPS) is 14.0. The fourth-order valence-electron chi connectivity index (χ4n) is 3.14. The molecule has 144 valence electrons. The molecule has 9 nitrogen and oxygen atoms in total. The van der Waals surface area contributed by atoms with E-state index in [9.17, 15) is 0 Å². The second-order valence-electron chi connectivity index (χ2n) is 6.33. The fourth-order valence-corrected chi connectivity index (χ4v) is 3.14. The highest BCUT2D eigenvalue weighted by Crippen LogP contribution is 2.19. The molecular formula is C19H22N8O. The van der Waals surface area contributed by atoms with E-state index in [4.69, 9.17) is 4.74 Å². The smallest absolute Gasteiger partial charge is 0.244 e. The van der Waals surface area contributed by atoms with Crippen LogP contribution in [-0.4, -0.2) is 58.4 Å². The lowest BCUT2D eigenvalue weighted by Crippen LogP contribution is -2.47. The Bertz CT molecular complexity index is 899. The summed E-state index contributed by atoms with van der Waals surface area (Å²) < 4.78 is 5.38. The molecule has 0 amide bonds. The van der Waals surface area contributed by atoms with E-state index < -0.39 is 0 Å². The average Bonchev–Trinajstić information content (AvgIpc) is 2.79. The van der Waals surface area contributed by atoms with Crippen LogP contribution >= 0.6 is 0 Å². The molecule has 3 aromatic rings. The number of anilines is 3. The highest BCUT2D eigenvalue weighted by molar-refractivity contribution is 5.44. The lowest BCUT2D eigenvalue weighted by molar-refractivity contribution is 0.410. The minimum Gasteiger partial charge on any atom is -0.496 e. The molecule has 4 rings (SSSR count). The molecule has 1 fully saturated rings. The maximum atomic E-state index is 5.38. The summed E-state index contributed by atoms with van der Waals surface area (Å²) in [4.78, 5) is 17.6. The summed E-state index contributed by atoms with van der Waals surface area (Å²) in [5.41, 5.74) is 1.04. The fraction of sp³-hybridized carbons (Fsp3) is 0.316. The molecule has 1 N–H and O–H groups in total. The largest absolute Gasteiger partial charge is 0.496 e. The molecule has 0 radical (unpaired) electrons. The summed E-state index contributed by atoms with van der Waals surface area (Å²) >= 11 is 0. The molecule has 0 atom stereocenters. The van der Waals surface area contributed by atoms with Gasteiger partial charge in [-0.1, -0.05) is 18.2 Å². The molecular weight excluding hydrogens is 356 g/mol. The number of nitrogens with one attached hydrogen (secondary N) is 1. The Hall–Kier alpha value is -3.49. The van der Waals surface area contributed by atoms with Crippen LogP contribution in [0.4, 0.5) is 17.7 Å². The van der Waals surface area contributed by atoms with Crippen molar-refractivity contribution in [2.75, 3.05) is 48.4 Å². The monoisotopic (exact) mass is 378 g/mol. The molecule has 0 aliphatic carbocycles. The average molecular weight is 378 g/mol. The SMILES string of the molecule is COc1ccccc1CNc1nncc(N2CCN(c3ncccn3)CC2)n1. The lowest BCUT2D eigenvalue weighted by atomic mass is 10.2. The zero-order valence-corrected chi connectivity index (χ0v) is 15.7. The van der Waals surface area contributed by atoms with Crippen LogP contribution < -0.4 is 19.9 Å². The number of rotatable bonds is 6. The van der Waals surface area contributed by atoms with Gasteiger partial charge >= 0.3 is 0 Å². The number of methoxy groups -OCH3 is 1. The van der Waals surface area contributed by atoms with E-state index in [0.29, 0.717) is 12.5 Å². The number of hydrogen-bond donors (Lipinski definition) is 1. The minimum absolute atomic E-state index is 0.497. The van der Waals surface area contributed by atoms with Gasteiger partial charge in [-0.25, -0.2) is 9.97 Å². The predicted molar refractivity (Wildman–Crippen MR) is 107 cm³/mol. The van der Waals surface area contributed by atoms with Crippen LogP contribution in [0.5, 0.6) is 5.75 Å². The van der Waals surface area contributed by atoms with Gasteiger partial charge in [0.15, 0.2) is 5.82 Å². The summed E-state index contributed by atoms with van der Waals surface area (Å²) in [6.07, 6.45) is 5.23. The van der Waals surface area contributed by atoms with E-state index in [2.05, 4.69) is 40.3 Å². The molecule has 0 spiro atoms. The van der Waals surface area contributed by atoms with Crippen molar-refractivity contribution in [3.05, 3.63) is 54.5 Å². The van der Waals surface area contributed by atoms with Gasteiger partial charge in [0.1, 0.15) is 5.75 Å². The quantitative estimate of drug-likeness (QED) is 0.686. The maximum absolute atomic E-state index is 5.38. The number of para-hydroxylation sites is 1. The molecule has 1 aliphatic rings. The Kier molecular flexibility index (Phi) is 5.41. The number of piperazine rings is 1. The maximum Gasteiger partial charge on any atom is 0.244 e. The minimum atomic E-state index is 0.497. The third kappa shape index (κ3) is 4.08. The van der Waals surface area contributed by atoms with Gasteiger partial charge in [-0.15, -0.1) is 5.10 Å². The van der Waals surface area contributed by atoms with Gasteiger partial charge in [-0.3, -0.25) is 0 Å². The number of hydrogen-bond acceptors (Lipinski definition) is 9. The summed E-state index contributed by atoms with van der Waals surface area (Å²) in [6, 6.07) is 9.69. The second-order valence-corrected chi connectivity index (χ2v) is 6.33. The van der Waals surface area contributed by atoms with Crippen LogP contribution in [-0.2, 0) is 6.54 Å². The molecule has 0 saturated carbocycles. The Balaban J connectivity index is 1.38. The van der Waals surface area contributed by atoms with Crippen LogP contribution in [0, 0.1) is 0 Å². The zero-order valence-electron chi connectivity index (χ0n) is 15.7. The Labute approximate surface area is 163 Å². The molecule has 0 bridgehead atoms.